The molecule has 1 aliphatic rings. The lowest BCUT2D eigenvalue weighted by Crippen LogP contribution is -2.47. The van der Waals surface area contributed by atoms with Gasteiger partial charge in [-0.15, -0.1) is 0 Å². The summed E-state index contributed by atoms with van der Waals surface area (Å²) in [5.74, 6) is 0. The van der Waals surface area contributed by atoms with Crippen LogP contribution in [0.2, 0.25) is 0 Å². The van der Waals surface area contributed by atoms with Gasteiger partial charge in [0.1, 0.15) is 0 Å². The van der Waals surface area contributed by atoms with E-state index in [-0.39, 0.29) is 15.7 Å². The summed E-state index contributed by atoms with van der Waals surface area (Å²) in [4.78, 5) is 0. The van der Waals surface area contributed by atoms with Crippen LogP contribution in [0, 0.1) is 0 Å². The largest absolute Gasteiger partial charge is 0.463 e. The van der Waals surface area contributed by atoms with Crippen LogP contribution in [0.3, 0.4) is 0 Å². The van der Waals surface area contributed by atoms with Gasteiger partial charge < -0.3 is 7.77 Å². The van der Waals surface area contributed by atoms with Crippen LogP contribution in [0.4, 0.5) is 0 Å². The van der Waals surface area contributed by atoms with E-state index in [1.165, 1.54) is 32.6 Å². The molecule has 1 rings (SSSR count). The van der Waals surface area contributed by atoms with Gasteiger partial charge in [-0.2, -0.15) is 0 Å². The molecule has 0 N–H and O–H groups in total. The van der Waals surface area contributed by atoms with Crippen molar-refractivity contribution in [2.75, 3.05) is 26.2 Å². The van der Waals surface area contributed by atoms with E-state index >= 15 is 0 Å². The van der Waals surface area contributed by atoms with Gasteiger partial charge in [-0.05, 0) is 32.6 Å². The maximum Gasteiger partial charge on any atom is 0.463 e. The Morgan fingerprint density at radius 3 is 2.00 bits per heavy atom. The normalized spacial score (nSPS) is 22.6. The van der Waals surface area contributed by atoms with Gasteiger partial charge in [-0.1, -0.05) is 13.8 Å². The minimum Gasteiger partial charge on any atom is -0.374 e. The molecule has 2 nitrogen and oxygen atoms in total. The summed E-state index contributed by atoms with van der Waals surface area (Å²) in [6, 6.07) is 0. The zero-order chi connectivity index (χ0) is 7.40. The zero-order valence-corrected chi connectivity index (χ0v) is 8.55. The summed E-state index contributed by atoms with van der Waals surface area (Å²) in [6.07, 6.45) is 1.38. The summed E-state index contributed by atoms with van der Waals surface area (Å²) in [7, 11) is 0. The first-order valence-corrected chi connectivity index (χ1v) is 5.58. The predicted octanol–water partition coefficient (Wildman–Crippen LogP) is 0.300. The SMILES string of the molecule is CC[N]1CCC[N](CC)[AlH]1. The first-order chi connectivity index (χ1) is 4.86. The molecule has 1 fully saturated rings. The molecule has 0 spiro atoms. The van der Waals surface area contributed by atoms with Crippen LogP contribution in [-0.4, -0.2) is 49.6 Å². The molecule has 0 aromatic rings. The van der Waals surface area contributed by atoms with Crippen molar-refractivity contribution in [3.63, 3.8) is 0 Å². The fourth-order valence-corrected chi connectivity index (χ4v) is 3.15. The maximum absolute atomic E-state index is 2.63. The molecule has 10 heavy (non-hydrogen) atoms. The van der Waals surface area contributed by atoms with Crippen molar-refractivity contribution in [2.45, 2.75) is 20.3 Å². The minimum atomic E-state index is 0.00309. The quantitative estimate of drug-likeness (QED) is 0.531. The van der Waals surface area contributed by atoms with Crippen molar-refractivity contribution in [2.24, 2.45) is 0 Å². The lowest BCUT2D eigenvalue weighted by Gasteiger charge is -2.32. The third kappa shape index (κ3) is 2.25. The monoisotopic (exact) mass is 156 g/mol. The predicted molar refractivity (Wildman–Crippen MR) is 46.3 cm³/mol. The molecule has 0 aliphatic carbocycles. The lowest BCUT2D eigenvalue weighted by molar-refractivity contribution is 0.314. The number of hydrogen-bond acceptors (Lipinski definition) is 2. The van der Waals surface area contributed by atoms with Crippen LogP contribution in [-0.2, 0) is 0 Å². The molecule has 0 aromatic carbocycles. The molecule has 3 heteroatoms. The standard InChI is InChI=1S/C7H16N2.Al.H/c1-3-8-6-5-7-9-4-2;;/h3-7H2,1-2H3;;/q-2;+2;. The van der Waals surface area contributed by atoms with Gasteiger partial charge in [0.15, 0.2) is 0 Å². The van der Waals surface area contributed by atoms with Crippen LogP contribution in [0.25, 0.3) is 0 Å². The molecule has 0 amide bonds. The molecule has 1 aliphatic heterocycles. The van der Waals surface area contributed by atoms with Gasteiger partial charge in [0, 0.05) is 0 Å². The number of hydrogen-bond donors (Lipinski definition) is 0. The van der Waals surface area contributed by atoms with Crippen LogP contribution in [0.15, 0.2) is 0 Å². The third-order valence-corrected chi connectivity index (χ3v) is 4.57. The highest BCUT2D eigenvalue weighted by molar-refractivity contribution is 6.28. The average Bonchev–Trinajstić information content (AvgIpc) is 2.05. The van der Waals surface area contributed by atoms with Crippen molar-refractivity contribution in [1.82, 2.24) is 7.77 Å². The van der Waals surface area contributed by atoms with E-state index in [9.17, 15) is 0 Å². The van der Waals surface area contributed by atoms with Gasteiger partial charge in [-0.25, -0.2) is 0 Å². The second kappa shape index (κ2) is 4.36. The Labute approximate surface area is 70.3 Å². The molecule has 0 aromatic heterocycles. The van der Waals surface area contributed by atoms with E-state index in [1.54, 1.807) is 0 Å². The van der Waals surface area contributed by atoms with Crippen molar-refractivity contribution < 1.29 is 0 Å². The molecule has 0 atom stereocenters. The van der Waals surface area contributed by atoms with Crippen molar-refractivity contribution in [3.8, 4) is 0 Å². The number of nitrogens with zero attached hydrogens (tertiary/aromatic N) is 2. The number of rotatable bonds is 2. The van der Waals surface area contributed by atoms with Gasteiger partial charge >= 0.3 is 15.7 Å². The zero-order valence-electron chi connectivity index (χ0n) is 7.14. The molecule has 1 saturated heterocycles. The Kier molecular flexibility index (Phi) is 3.72. The Balaban J connectivity index is 2.25. The summed E-state index contributed by atoms with van der Waals surface area (Å²) in [6.45, 7) is 9.79. The van der Waals surface area contributed by atoms with Gasteiger partial charge in [0.05, 0.1) is 0 Å². The molecular weight excluding hydrogens is 139 g/mol. The van der Waals surface area contributed by atoms with Crippen LogP contribution >= 0.6 is 0 Å². The molecule has 0 radical (unpaired) electrons. The Morgan fingerprint density at radius 1 is 1.10 bits per heavy atom. The van der Waals surface area contributed by atoms with Crippen LogP contribution in [0.5, 0.6) is 0 Å². The van der Waals surface area contributed by atoms with Crippen LogP contribution < -0.4 is 0 Å². The Bertz CT molecular complexity index is 87.6. The maximum atomic E-state index is 2.63. The second-order valence-electron chi connectivity index (χ2n) is 2.92. The summed E-state index contributed by atoms with van der Waals surface area (Å²) in [5.41, 5.74) is 0. The van der Waals surface area contributed by atoms with E-state index in [1.807, 2.05) is 0 Å². The van der Waals surface area contributed by atoms with Crippen molar-refractivity contribution >= 4 is 15.7 Å². The van der Waals surface area contributed by atoms with E-state index in [2.05, 4.69) is 21.6 Å². The Morgan fingerprint density at radius 2 is 1.60 bits per heavy atom. The van der Waals surface area contributed by atoms with E-state index in [4.69, 9.17) is 0 Å². The fourth-order valence-electron chi connectivity index (χ4n) is 1.46. The van der Waals surface area contributed by atoms with E-state index in [0.717, 1.165) is 0 Å². The summed E-state index contributed by atoms with van der Waals surface area (Å²) >= 11 is 0.00309. The molecule has 58 valence electrons. The average molecular weight is 156 g/mol. The third-order valence-electron chi connectivity index (χ3n) is 2.24. The highest BCUT2D eigenvalue weighted by Crippen LogP contribution is 2.01. The summed E-state index contributed by atoms with van der Waals surface area (Å²) in [5, 5.41) is 0. The first kappa shape index (κ1) is 8.55. The smallest absolute Gasteiger partial charge is 0.374 e. The molecular formula is C7H17AlN2. The molecule has 0 saturated carbocycles. The highest BCUT2D eigenvalue weighted by Gasteiger charge is 2.17. The second-order valence-corrected chi connectivity index (χ2v) is 4.99. The van der Waals surface area contributed by atoms with Crippen molar-refractivity contribution in [1.29, 1.82) is 0 Å². The highest BCUT2D eigenvalue weighted by atomic mass is 27.1. The fraction of sp³-hybridized carbons (Fsp3) is 1.00. The van der Waals surface area contributed by atoms with E-state index < -0.39 is 0 Å². The van der Waals surface area contributed by atoms with Gasteiger partial charge in [-0.3, -0.25) is 0 Å². The molecule has 0 unspecified atom stereocenters. The van der Waals surface area contributed by atoms with Crippen LogP contribution in [0.1, 0.15) is 20.3 Å². The molecule has 1 heterocycles. The van der Waals surface area contributed by atoms with Gasteiger partial charge in [0.25, 0.3) is 0 Å². The summed E-state index contributed by atoms with van der Waals surface area (Å²) < 4.78 is 5.26. The van der Waals surface area contributed by atoms with Crippen molar-refractivity contribution in [3.05, 3.63) is 0 Å². The first-order valence-electron chi connectivity index (χ1n) is 4.31. The van der Waals surface area contributed by atoms with E-state index in [0.29, 0.717) is 0 Å². The van der Waals surface area contributed by atoms with Gasteiger partial charge in [0.2, 0.25) is 0 Å². The Hall–Kier alpha value is 0.452. The minimum absolute atomic E-state index is 0.00309. The molecule has 0 bridgehead atoms. The topological polar surface area (TPSA) is 6.48 Å². The lowest BCUT2D eigenvalue weighted by atomic mass is 10.4.